The van der Waals surface area contributed by atoms with Crippen LogP contribution < -0.4 is 4.74 Å². The van der Waals surface area contributed by atoms with Crippen LogP contribution in [0, 0.1) is 12.8 Å². The van der Waals surface area contributed by atoms with Gasteiger partial charge in [-0.15, -0.1) is 0 Å². The van der Waals surface area contributed by atoms with Gasteiger partial charge in [-0.25, -0.2) is 23.3 Å². The lowest BCUT2D eigenvalue weighted by molar-refractivity contribution is -0.220. The van der Waals surface area contributed by atoms with E-state index in [1.54, 1.807) is 13.8 Å². The Bertz CT molecular complexity index is 1030. The van der Waals surface area contributed by atoms with Crippen LogP contribution in [0.1, 0.15) is 39.7 Å². The molecule has 13 heteroatoms. The Morgan fingerprint density at radius 3 is 2.81 bits per heavy atom. The van der Waals surface area contributed by atoms with E-state index in [4.69, 9.17) is 23.0 Å². The maximum Gasteiger partial charge on any atom is 0.475 e. The highest BCUT2D eigenvalue weighted by atomic mass is 31.2. The number of halogens is 2. The summed E-state index contributed by atoms with van der Waals surface area (Å²) in [5.41, 5.74) is -1.99. The lowest BCUT2D eigenvalue weighted by atomic mass is 9.97. The maximum absolute atomic E-state index is 16.0. The summed E-state index contributed by atoms with van der Waals surface area (Å²) in [5.74, 6) is -2.10. The van der Waals surface area contributed by atoms with E-state index < -0.39 is 38.3 Å². The minimum absolute atomic E-state index is 0.0131. The lowest BCUT2D eigenvalue weighted by Crippen LogP contribution is -2.51. The summed E-state index contributed by atoms with van der Waals surface area (Å²) in [4.78, 5) is 12.7. The summed E-state index contributed by atoms with van der Waals surface area (Å²) in [6, 6.07) is 0. The molecular weight excluding hydrogens is 437 g/mol. The smallest absolute Gasteiger partial charge is 0.475 e. The number of nitrogens with zero attached hydrogens (tertiary/aromatic N) is 4. The van der Waals surface area contributed by atoms with Crippen LogP contribution >= 0.6 is 7.82 Å². The van der Waals surface area contributed by atoms with Crippen molar-refractivity contribution < 1.29 is 36.4 Å². The van der Waals surface area contributed by atoms with E-state index in [0.29, 0.717) is 12.4 Å². The zero-order chi connectivity index (χ0) is 22.6. The molecule has 0 saturated carbocycles. The molecule has 4 rings (SSSR count). The van der Waals surface area contributed by atoms with Crippen molar-refractivity contribution in [3.05, 3.63) is 12.2 Å². The van der Waals surface area contributed by atoms with Gasteiger partial charge in [0.05, 0.1) is 19.5 Å². The summed E-state index contributed by atoms with van der Waals surface area (Å²) in [6.07, 6.45) is -2.12. The minimum atomic E-state index is -4.17. The van der Waals surface area contributed by atoms with Crippen molar-refractivity contribution in [3.8, 4) is 5.88 Å². The molecule has 2 unspecified atom stereocenters. The molecule has 5 atom stereocenters. The first kappa shape index (κ1) is 22.5. The Morgan fingerprint density at radius 2 is 2.13 bits per heavy atom. The normalized spacial score (nSPS) is 35.6. The van der Waals surface area contributed by atoms with Gasteiger partial charge in [0.1, 0.15) is 12.4 Å². The molecule has 0 N–H and O–H groups in total. The van der Waals surface area contributed by atoms with Crippen LogP contribution in [0.5, 0.6) is 5.88 Å². The van der Waals surface area contributed by atoms with E-state index in [9.17, 15) is 4.57 Å². The van der Waals surface area contributed by atoms with Gasteiger partial charge in [0.2, 0.25) is 5.88 Å². The second-order valence-electron chi connectivity index (χ2n) is 8.14. The van der Waals surface area contributed by atoms with E-state index in [1.165, 1.54) is 10.9 Å². The molecule has 2 aliphatic heterocycles. The number of ether oxygens (including phenoxy) is 2. The largest absolute Gasteiger partial charge is 0.476 e. The molecule has 10 nitrogen and oxygen atoms in total. The second-order valence-corrected chi connectivity index (χ2v) is 9.76. The Balaban J connectivity index is 1.70. The Labute approximate surface area is 177 Å². The number of hydrogen-bond donors (Lipinski definition) is 0. The predicted octanol–water partition coefficient (Wildman–Crippen LogP) is 3.65. The summed E-state index contributed by atoms with van der Waals surface area (Å²) >= 11 is 0. The number of phosphoric acid groups is 1. The predicted molar refractivity (Wildman–Crippen MR) is 104 cm³/mol. The second kappa shape index (κ2) is 7.70. The van der Waals surface area contributed by atoms with Crippen molar-refractivity contribution in [2.45, 2.75) is 58.5 Å². The van der Waals surface area contributed by atoms with Crippen molar-refractivity contribution in [2.24, 2.45) is 5.92 Å². The number of imidazole rings is 1. The highest BCUT2D eigenvalue weighted by molar-refractivity contribution is 7.48. The number of hydrogen-bond acceptors (Lipinski definition) is 9. The monoisotopic (exact) mass is 462 g/mol. The molecule has 2 aromatic heterocycles. The van der Waals surface area contributed by atoms with E-state index in [2.05, 4.69) is 15.0 Å². The standard InChI is InChI=1S/C18H25F2N4O6P/c1-6-26-14-12-13(22-11(4)23-14)24(9-21-12)16-17(5,19)15-18(20,29-16)8-28-31(25,30-15)27-7-10(2)3/h9-10,15-16H,6-8H2,1-5H3/t15?,16-,17-,18-,31?/m1/s1. The average Bonchev–Trinajstić information content (AvgIpc) is 3.18. The zero-order valence-electron chi connectivity index (χ0n) is 17.9. The van der Waals surface area contributed by atoms with Gasteiger partial charge in [0.15, 0.2) is 29.2 Å². The number of aryl methyl sites for hydroxylation is 1. The van der Waals surface area contributed by atoms with E-state index in [0.717, 1.165) is 6.92 Å². The van der Waals surface area contributed by atoms with Gasteiger partial charge < -0.3 is 9.47 Å². The number of fused-ring (bicyclic) bond motifs is 2. The van der Waals surface area contributed by atoms with E-state index in [1.807, 2.05) is 13.8 Å². The number of aromatic nitrogens is 4. The van der Waals surface area contributed by atoms with Crippen molar-refractivity contribution in [1.29, 1.82) is 0 Å². The third-order valence-electron chi connectivity index (χ3n) is 4.95. The first-order valence-corrected chi connectivity index (χ1v) is 11.4. The van der Waals surface area contributed by atoms with Gasteiger partial charge in [0, 0.05) is 0 Å². The fourth-order valence-corrected chi connectivity index (χ4v) is 5.20. The molecule has 0 aromatic carbocycles. The summed E-state index contributed by atoms with van der Waals surface area (Å²) in [5, 5.41) is 0. The number of phosphoric ester groups is 1. The quantitative estimate of drug-likeness (QED) is 0.595. The molecule has 2 fully saturated rings. The molecule has 31 heavy (non-hydrogen) atoms. The van der Waals surface area contributed by atoms with Crippen molar-refractivity contribution in [1.82, 2.24) is 19.5 Å². The first-order valence-electron chi connectivity index (χ1n) is 9.96. The number of rotatable bonds is 6. The topological polar surface area (TPSA) is 107 Å². The van der Waals surface area contributed by atoms with Crippen LogP contribution in [0.25, 0.3) is 11.2 Å². The third kappa shape index (κ3) is 3.84. The molecule has 0 amide bonds. The molecule has 2 aliphatic rings. The van der Waals surface area contributed by atoms with E-state index in [-0.39, 0.29) is 29.6 Å². The molecule has 172 valence electrons. The molecule has 0 radical (unpaired) electrons. The molecule has 4 heterocycles. The van der Waals surface area contributed by atoms with Crippen LogP contribution in [0.4, 0.5) is 8.78 Å². The number of alkyl halides is 2. The molecular formula is C18H25F2N4O6P. The Hall–Kier alpha value is -1.72. The van der Waals surface area contributed by atoms with Crippen molar-refractivity contribution in [3.63, 3.8) is 0 Å². The van der Waals surface area contributed by atoms with Crippen LogP contribution in [0.2, 0.25) is 0 Å². The highest BCUT2D eigenvalue weighted by Crippen LogP contribution is 2.63. The van der Waals surface area contributed by atoms with Gasteiger partial charge in [-0.05, 0) is 26.7 Å². The first-order chi connectivity index (χ1) is 14.5. The third-order valence-corrected chi connectivity index (χ3v) is 6.33. The lowest BCUT2D eigenvalue weighted by Gasteiger charge is -2.36. The van der Waals surface area contributed by atoms with Crippen molar-refractivity contribution in [2.75, 3.05) is 19.8 Å². The van der Waals surface area contributed by atoms with Gasteiger partial charge in [-0.3, -0.25) is 18.1 Å². The van der Waals surface area contributed by atoms with Crippen LogP contribution in [-0.4, -0.2) is 57.0 Å². The molecule has 0 spiro atoms. The highest BCUT2D eigenvalue weighted by Gasteiger charge is 2.70. The van der Waals surface area contributed by atoms with Gasteiger partial charge in [-0.1, -0.05) is 13.8 Å². The fourth-order valence-electron chi connectivity index (χ4n) is 3.57. The molecule has 2 aromatic rings. The average molecular weight is 462 g/mol. The van der Waals surface area contributed by atoms with Crippen LogP contribution in [-0.2, 0) is 22.9 Å². The molecule has 2 saturated heterocycles. The summed E-state index contributed by atoms with van der Waals surface area (Å²) < 4.78 is 71.9. The van der Waals surface area contributed by atoms with Gasteiger partial charge in [-0.2, -0.15) is 4.98 Å². The fraction of sp³-hybridized carbons (Fsp3) is 0.722. The zero-order valence-corrected chi connectivity index (χ0v) is 18.8. The van der Waals surface area contributed by atoms with E-state index >= 15 is 8.78 Å². The van der Waals surface area contributed by atoms with Gasteiger partial charge in [0.25, 0.3) is 5.85 Å². The maximum atomic E-state index is 16.0. The molecule has 0 bridgehead atoms. The van der Waals surface area contributed by atoms with Gasteiger partial charge >= 0.3 is 7.82 Å². The molecule has 0 aliphatic carbocycles. The SMILES string of the molecule is CCOc1nc(C)nc2c1ncn2[C@@H]1O[C@]2(F)COP(=O)(OCC(C)C)OC2[C@@]1(C)F. The summed E-state index contributed by atoms with van der Waals surface area (Å²) in [7, 11) is -4.17. The van der Waals surface area contributed by atoms with Crippen LogP contribution in [0.3, 0.4) is 0 Å². The summed E-state index contributed by atoms with van der Waals surface area (Å²) in [6.45, 7) is 7.75. The minimum Gasteiger partial charge on any atom is -0.476 e. The Morgan fingerprint density at radius 1 is 1.39 bits per heavy atom. The van der Waals surface area contributed by atoms with Crippen molar-refractivity contribution >= 4 is 19.0 Å². The Kier molecular flexibility index (Phi) is 5.58. The van der Waals surface area contributed by atoms with Crippen LogP contribution in [0.15, 0.2) is 6.33 Å².